The molecule has 102 valence electrons. The van der Waals surface area contributed by atoms with Gasteiger partial charge in [0.05, 0.1) is 10.0 Å². The molecule has 2 nitrogen and oxygen atoms in total. The molecule has 2 aromatic rings. The molecule has 0 atom stereocenters. The number of halogens is 2. The van der Waals surface area contributed by atoms with Crippen LogP contribution in [0.4, 0.5) is 0 Å². The van der Waals surface area contributed by atoms with Crippen molar-refractivity contribution in [1.29, 1.82) is 0 Å². The van der Waals surface area contributed by atoms with Crippen LogP contribution in [0.3, 0.4) is 0 Å². The lowest BCUT2D eigenvalue weighted by molar-refractivity contribution is -0.131. The van der Waals surface area contributed by atoms with Gasteiger partial charge in [-0.3, -0.25) is 0 Å². The zero-order chi connectivity index (χ0) is 14.7. The average Bonchev–Trinajstić information content (AvgIpc) is 2.39. The van der Waals surface area contributed by atoms with Crippen LogP contribution in [-0.4, -0.2) is 11.1 Å². The third-order valence-corrected chi connectivity index (χ3v) is 3.57. The fraction of sp³-hybridized carbons (Fsp3) is 0.0625. The summed E-state index contributed by atoms with van der Waals surface area (Å²) in [4.78, 5) is 11.1. The molecule has 0 saturated carbocycles. The Hall–Kier alpha value is -1.77. The van der Waals surface area contributed by atoms with E-state index in [2.05, 4.69) is 0 Å². The van der Waals surface area contributed by atoms with Crippen molar-refractivity contribution < 1.29 is 9.90 Å². The summed E-state index contributed by atoms with van der Waals surface area (Å²) in [6.07, 6.45) is 1.17. The van der Waals surface area contributed by atoms with Crippen molar-refractivity contribution in [2.45, 2.75) is 6.92 Å². The van der Waals surface area contributed by atoms with Crippen LogP contribution in [0.15, 0.2) is 48.5 Å². The lowest BCUT2D eigenvalue weighted by atomic mass is 9.96. The molecule has 0 aromatic heterocycles. The Bertz CT molecular complexity index is 691. The van der Waals surface area contributed by atoms with E-state index < -0.39 is 5.97 Å². The Morgan fingerprint density at radius 2 is 1.75 bits per heavy atom. The number of hydrogen-bond acceptors (Lipinski definition) is 1. The lowest BCUT2D eigenvalue weighted by Crippen LogP contribution is -1.95. The van der Waals surface area contributed by atoms with Gasteiger partial charge in [0.1, 0.15) is 0 Å². The normalized spacial score (nSPS) is 11.4. The van der Waals surface area contributed by atoms with E-state index in [-0.39, 0.29) is 0 Å². The van der Waals surface area contributed by atoms with Crippen LogP contribution in [-0.2, 0) is 4.79 Å². The highest BCUT2D eigenvalue weighted by molar-refractivity contribution is 6.42. The SMILES string of the molecule is Cc1cccc(/C(=C\C(=O)O)c2ccc(Cl)c(Cl)c2)c1. The summed E-state index contributed by atoms with van der Waals surface area (Å²) in [6.45, 7) is 1.96. The van der Waals surface area contributed by atoms with Gasteiger partial charge < -0.3 is 5.11 Å². The van der Waals surface area contributed by atoms with Gasteiger partial charge in [-0.1, -0.05) is 59.1 Å². The van der Waals surface area contributed by atoms with Crippen molar-refractivity contribution in [1.82, 2.24) is 0 Å². The zero-order valence-corrected chi connectivity index (χ0v) is 12.2. The van der Waals surface area contributed by atoms with Gasteiger partial charge in [-0.05, 0) is 35.8 Å². The second-order valence-electron chi connectivity index (χ2n) is 4.39. The number of aliphatic carboxylic acids is 1. The van der Waals surface area contributed by atoms with Gasteiger partial charge >= 0.3 is 5.97 Å². The monoisotopic (exact) mass is 306 g/mol. The molecule has 2 aromatic carbocycles. The first-order valence-electron chi connectivity index (χ1n) is 5.94. The summed E-state index contributed by atoms with van der Waals surface area (Å²) in [7, 11) is 0. The van der Waals surface area contributed by atoms with E-state index in [1.54, 1.807) is 18.2 Å². The topological polar surface area (TPSA) is 37.3 Å². The maximum absolute atomic E-state index is 11.1. The van der Waals surface area contributed by atoms with Crippen LogP contribution < -0.4 is 0 Å². The molecular formula is C16H12Cl2O2. The minimum Gasteiger partial charge on any atom is -0.478 e. The number of hydrogen-bond donors (Lipinski definition) is 1. The van der Waals surface area contributed by atoms with Crippen LogP contribution in [0, 0.1) is 6.92 Å². The zero-order valence-electron chi connectivity index (χ0n) is 10.7. The van der Waals surface area contributed by atoms with Gasteiger partial charge in [0, 0.05) is 6.08 Å². The van der Waals surface area contributed by atoms with E-state index in [0.717, 1.165) is 11.1 Å². The molecule has 0 bridgehead atoms. The van der Waals surface area contributed by atoms with Gasteiger partial charge in [-0.25, -0.2) is 4.79 Å². The standard InChI is InChI=1S/C16H12Cl2O2/c1-10-3-2-4-11(7-10)13(9-16(19)20)12-5-6-14(17)15(18)8-12/h2-9H,1H3,(H,19,20)/b13-9+. The maximum Gasteiger partial charge on any atom is 0.328 e. The van der Waals surface area contributed by atoms with E-state index in [1.807, 2.05) is 31.2 Å². The van der Waals surface area contributed by atoms with E-state index in [9.17, 15) is 4.79 Å². The first kappa shape index (κ1) is 14.6. The van der Waals surface area contributed by atoms with Gasteiger partial charge in [0.25, 0.3) is 0 Å². The first-order valence-corrected chi connectivity index (χ1v) is 6.70. The summed E-state index contributed by atoms with van der Waals surface area (Å²) in [5.74, 6) is -1.01. The smallest absolute Gasteiger partial charge is 0.328 e. The quantitative estimate of drug-likeness (QED) is 0.826. The van der Waals surface area contributed by atoms with Crippen LogP contribution in [0.5, 0.6) is 0 Å². The molecule has 0 unspecified atom stereocenters. The van der Waals surface area contributed by atoms with Crippen molar-refractivity contribution in [3.8, 4) is 0 Å². The maximum atomic E-state index is 11.1. The summed E-state index contributed by atoms with van der Waals surface area (Å²) in [6, 6.07) is 12.7. The molecule has 2 rings (SSSR count). The predicted octanol–water partition coefficient (Wildman–Crippen LogP) is 4.82. The molecule has 20 heavy (non-hydrogen) atoms. The number of aryl methyl sites for hydroxylation is 1. The Morgan fingerprint density at radius 1 is 1.05 bits per heavy atom. The van der Waals surface area contributed by atoms with Gasteiger partial charge in [0.15, 0.2) is 0 Å². The molecule has 4 heteroatoms. The minimum absolute atomic E-state index is 0.396. The summed E-state index contributed by atoms with van der Waals surface area (Å²) >= 11 is 11.9. The third kappa shape index (κ3) is 3.41. The molecule has 0 amide bonds. The van der Waals surface area contributed by atoms with Crippen LogP contribution in [0.25, 0.3) is 5.57 Å². The van der Waals surface area contributed by atoms with Gasteiger partial charge in [-0.15, -0.1) is 0 Å². The number of rotatable bonds is 3. The van der Waals surface area contributed by atoms with Crippen molar-refractivity contribution in [3.63, 3.8) is 0 Å². The highest BCUT2D eigenvalue weighted by atomic mass is 35.5. The van der Waals surface area contributed by atoms with E-state index in [0.29, 0.717) is 21.2 Å². The van der Waals surface area contributed by atoms with Crippen molar-refractivity contribution in [2.24, 2.45) is 0 Å². The van der Waals surface area contributed by atoms with Crippen LogP contribution >= 0.6 is 23.2 Å². The molecule has 0 aliphatic rings. The number of carbonyl (C=O) groups is 1. The Morgan fingerprint density at radius 3 is 2.35 bits per heavy atom. The molecule has 1 N–H and O–H groups in total. The predicted molar refractivity (Wildman–Crippen MR) is 82.4 cm³/mol. The molecule has 0 fully saturated rings. The molecule has 0 aliphatic heterocycles. The number of benzene rings is 2. The third-order valence-electron chi connectivity index (χ3n) is 2.83. The molecule has 0 radical (unpaired) electrons. The Kier molecular flexibility index (Phi) is 4.48. The first-order chi connectivity index (χ1) is 9.47. The van der Waals surface area contributed by atoms with Gasteiger partial charge in [0.2, 0.25) is 0 Å². The Balaban J connectivity index is 2.59. The largest absolute Gasteiger partial charge is 0.478 e. The second kappa shape index (κ2) is 6.12. The van der Waals surface area contributed by atoms with E-state index >= 15 is 0 Å². The second-order valence-corrected chi connectivity index (χ2v) is 5.21. The van der Waals surface area contributed by atoms with E-state index in [4.69, 9.17) is 28.3 Å². The fourth-order valence-corrected chi connectivity index (χ4v) is 2.23. The molecule has 0 saturated heterocycles. The van der Waals surface area contributed by atoms with Crippen molar-refractivity contribution in [2.75, 3.05) is 0 Å². The van der Waals surface area contributed by atoms with Gasteiger partial charge in [-0.2, -0.15) is 0 Å². The number of carboxylic acid groups (broad SMARTS) is 1. The Labute approximate surface area is 127 Å². The molecule has 0 aliphatic carbocycles. The average molecular weight is 307 g/mol. The lowest BCUT2D eigenvalue weighted by Gasteiger charge is -2.09. The fourth-order valence-electron chi connectivity index (χ4n) is 1.93. The summed E-state index contributed by atoms with van der Waals surface area (Å²) in [5.41, 5.74) is 3.19. The van der Waals surface area contributed by atoms with Crippen LogP contribution in [0.2, 0.25) is 10.0 Å². The van der Waals surface area contributed by atoms with E-state index in [1.165, 1.54) is 6.08 Å². The molecule has 0 heterocycles. The van der Waals surface area contributed by atoms with Crippen molar-refractivity contribution >= 4 is 34.7 Å². The van der Waals surface area contributed by atoms with Crippen molar-refractivity contribution in [3.05, 3.63) is 75.3 Å². The number of carboxylic acids is 1. The summed E-state index contributed by atoms with van der Waals surface area (Å²) < 4.78 is 0. The molecular weight excluding hydrogens is 295 g/mol. The minimum atomic E-state index is -1.01. The summed E-state index contributed by atoms with van der Waals surface area (Å²) in [5, 5.41) is 9.90. The van der Waals surface area contributed by atoms with Crippen LogP contribution in [0.1, 0.15) is 16.7 Å². The molecule has 0 spiro atoms. The highest BCUT2D eigenvalue weighted by Gasteiger charge is 2.09. The highest BCUT2D eigenvalue weighted by Crippen LogP contribution is 2.30.